The van der Waals surface area contributed by atoms with Gasteiger partial charge in [0.2, 0.25) is 0 Å². The molecule has 1 aliphatic rings. The first kappa shape index (κ1) is 14.0. The van der Waals surface area contributed by atoms with Crippen molar-refractivity contribution < 1.29 is 14.6 Å². The highest BCUT2D eigenvalue weighted by Gasteiger charge is 2.25. The monoisotopic (exact) mass is 264 g/mol. The van der Waals surface area contributed by atoms with E-state index in [9.17, 15) is 4.79 Å². The number of nitrogens with zero attached hydrogens (tertiary/aromatic N) is 2. The first-order valence-electron chi connectivity index (χ1n) is 6.53. The van der Waals surface area contributed by atoms with Crippen molar-refractivity contribution in [2.24, 2.45) is 5.92 Å². The van der Waals surface area contributed by atoms with Gasteiger partial charge in [0, 0.05) is 26.4 Å². The average molecular weight is 264 g/mol. The van der Waals surface area contributed by atoms with Crippen LogP contribution in [0.4, 0.5) is 0 Å². The van der Waals surface area contributed by atoms with Crippen molar-refractivity contribution in [3.8, 4) is 0 Å². The van der Waals surface area contributed by atoms with Crippen LogP contribution < -0.4 is 0 Å². The minimum absolute atomic E-state index is 0.103. The highest BCUT2D eigenvalue weighted by atomic mass is 16.5. The van der Waals surface area contributed by atoms with Gasteiger partial charge in [0.25, 0.3) is 0 Å². The molecule has 0 spiro atoms. The van der Waals surface area contributed by atoms with Crippen LogP contribution in [0.5, 0.6) is 0 Å². The molecule has 2 atom stereocenters. The van der Waals surface area contributed by atoms with E-state index >= 15 is 0 Å². The number of hydrogen-bond donors (Lipinski definition) is 1. The zero-order valence-electron chi connectivity index (χ0n) is 11.4. The first-order chi connectivity index (χ1) is 9.10. The Morgan fingerprint density at radius 2 is 2.42 bits per heavy atom. The summed E-state index contributed by atoms with van der Waals surface area (Å²) in [6, 6.07) is 3.51. The second-order valence-corrected chi connectivity index (χ2v) is 5.13. The maximum atomic E-state index is 10.9. The van der Waals surface area contributed by atoms with E-state index in [-0.39, 0.29) is 11.8 Å². The van der Waals surface area contributed by atoms with Crippen molar-refractivity contribution in [2.45, 2.75) is 26.0 Å². The molecule has 5 heteroatoms. The quantitative estimate of drug-likeness (QED) is 0.895. The molecule has 1 aromatic heterocycles. The molecule has 0 aromatic carbocycles. The summed E-state index contributed by atoms with van der Waals surface area (Å²) in [4.78, 5) is 17.0. The van der Waals surface area contributed by atoms with Gasteiger partial charge in [-0.3, -0.25) is 4.90 Å². The lowest BCUT2D eigenvalue weighted by Crippen LogP contribution is -2.43. The average Bonchev–Trinajstić information content (AvgIpc) is 2.41. The summed E-state index contributed by atoms with van der Waals surface area (Å²) in [5.74, 6) is -0.405. The smallest absolute Gasteiger partial charge is 0.354 e. The summed E-state index contributed by atoms with van der Waals surface area (Å²) in [6.45, 7) is 4.87. The Hall–Kier alpha value is -1.46. The molecule has 19 heavy (non-hydrogen) atoms. The molecule has 2 rings (SSSR count). The number of pyridine rings is 1. The molecular weight excluding hydrogens is 244 g/mol. The van der Waals surface area contributed by atoms with Gasteiger partial charge in [-0.25, -0.2) is 9.78 Å². The first-order valence-corrected chi connectivity index (χ1v) is 6.53. The van der Waals surface area contributed by atoms with Gasteiger partial charge in [-0.1, -0.05) is 6.92 Å². The third kappa shape index (κ3) is 3.52. The molecule has 5 nitrogen and oxygen atoms in total. The highest BCUT2D eigenvalue weighted by Crippen LogP contribution is 2.21. The third-order valence-electron chi connectivity index (χ3n) is 3.73. The van der Waals surface area contributed by atoms with E-state index in [1.54, 1.807) is 19.4 Å². The number of ether oxygens (including phenoxy) is 1. The van der Waals surface area contributed by atoms with E-state index in [1.165, 1.54) is 0 Å². The van der Waals surface area contributed by atoms with Gasteiger partial charge in [-0.05, 0) is 36.6 Å². The molecule has 0 radical (unpaired) electrons. The molecule has 104 valence electrons. The molecule has 0 saturated carbocycles. The molecule has 0 amide bonds. The second kappa shape index (κ2) is 6.12. The molecule has 1 fully saturated rings. The lowest BCUT2D eigenvalue weighted by atomic mass is 9.95. The fraction of sp³-hybridized carbons (Fsp3) is 0.571. The van der Waals surface area contributed by atoms with E-state index < -0.39 is 5.97 Å². The molecule has 2 heterocycles. The van der Waals surface area contributed by atoms with Crippen molar-refractivity contribution in [3.63, 3.8) is 0 Å². The highest BCUT2D eigenvalue weighted by molar-refractivity contribution is 5.85. The van der Waals surface area contributed by atoms with Crippen LogP contribution in [0, 0.1) is 5.92 Å². The van der Waals surface area contributed by atoms with Crippen LogP contribution in [0.15, 0.2) is 18.3 Å². The van der Waals surface area contributed by atoms with Crippen LogP contribution in [0.1, 0.15) is 29.4 Å². The molecule has 1 aromatic rings. The normalized spacial score (nSPS) is 24.3. The Bertz CT molecular complexity index is 450. The van der Waals surface area contributed by atoms with Crippen LogP contribution in [-0.4, -0.2) is 47.3 Å². The van der Waals surface area contributed by atoms with E-state index in [2.05, 4.69) is 16.8 Å². The standard InChI is InChI=1S/C14H20N2O3/c1-10-4-6-16(9-13(10)19-2)8-11-3-5-15-12(7-11)14(17)18/h3,5,7,10,13H,4,6,8-9H2,1-2H3,(H,17,18). The lowest BCUT2D eigenvalue weighted by Gasteiger charge is -2.36. The minimum atomic E-state index is -0.983. The second-order valence-electron chi connectivity index (χ2n) is 5.13. The minimum Gasteiger partial charge on any atom is -0.477 e. The van der Waals surface area contributed by atoms with Gasteiger partial charge in [-0.15, -0.1) is 0 Å². The number of aromatic carboxylic acids is 1. The number of hydrogen-bond acceptors (Lipinski definition) is 4. The molecule has 0 aliphatic carbocycles. The molecule has 1 aliphatic heterocycles. The van der Waals surface area contributed by atoms with Gasteiger partial charge in [-0.2, -0.15) is 0 Å². The van der Waals surface area contributed by atoms with Crippen LogP contribution in [0.3, 0.4) is 0 Å². The maximum absolute atomic E-state index is 10.9. The number of methoxy groups -OCH3 is 1. The van der Waals surface area contributed by atoms with Gasteiger partial charge < -0.3 is 9.84 Å². The summed E-state index contributed by atoms with van der Waals surface area (Å²) in [5.41, 5.74) is 1.09. The number of carbonyl (C=O) groups is 1. The predicted molar refractivity (Wildman–Crippen MR) is 71.1 cm³/mol. The lowest BCUT2D eigenvalue weighted by molar-refractivity contribution is -0.00746. The summed E-state index contributed by atoms with van der Waals surface area (Å²) in [5, 5.41) is 8.93. The van der Waals surface area contributed by atoms with Crippen molar-refractivity contribution in [3.05, 3.63) is 29.6 Å². The number of carboxylic acid groups (broad SMARTS) is 1. The van der Waals surface area contributed by atoms with E-state index in [4.69, 9.17) is 9.84 Å². The molecule has 1 saturated heterocycles. The molecule has 0 bridgehead atoms. The Kier molecular flexibility index (Phi) is 4.50. The Morgan fingerprint density at radius 1 is 1.63 bits per heavy atom. The van der Waals surface area contributed by atoms with Crippen LogP contribution >= 0.6 is 0 Å². The molecule has 1 N–H and O–H groups in total. The van der Waals surface area contributed by atoms with Crippen LogP contribution in [0.25, 0.3) is 0 Å². The zero-order chi connectivity index (χ0) is 13.8. The van der Waals surface area contributed by atoms with Crippen LogP contribution in [-0.2, 0) is 11.3 Å². The predicted octanol–water partition coefficient (Wildman–Crippen LogP) is 1.64. The number of aromatic nitrogens is 1. The van der Waals surface area contributed by atoms with Gasteiger partial charge >= 0.3 is 5.97 Å². The fourth-order valence-corrected chi connectivity index (χ4v) is 2.50. The summed E-state index contributed by atoms with van der Waals surface area (Å²) >= 11 is 0. The Labute approximate surface area is 113 Å². The summed E-state index contributed by atoms with van der Waals surface area (Å²) in [6.07, 6.45) is 2.92. The van der Waals surface area contributed by atoms with Crippen LogP contribution in [0.2, 0.25) is 0 Å². The van der Waals surface area contributed by atoms with Gasteiger partial charge in [0.1, 0.15) is 5.69 Å². The van der Waals surface area contributed by atoms with Crippen molar-refractivity contribution >= 4 is 5.97 Å². The van der Waals surface area contributed by atoms with Crippen molar-refractivity contribution in [1.29, 1.82) is 0 Å². The third-order valence-corrected chi connectivity index (χ3v) is 3.73. The van der Waals surface area contributed by atoms with E-state index in [0.29, 0.717) is 5.92 Å². The summed E-state index contributed by atoms with van der Waals surface area (Å²) < 4.78 is 5.49. The van der Waals surface area contributed by atoms with E-state index in [1.807, 2.05) is 6.07 Å². The van der Waals surface area contributed by atoms with Crippen molar-refractivity contribution in [2.75, 3.05) is 20.2 Å². The fourth-order valence-electron chi connectivity index (χ4n) is 2.50. The van der Waals surface area contributed by atoms with Gasteiger partial charge in [0.15, 0.2) is 0 Å². The number of rotatable bonds is 4. The number of piperidine rings is 1. The number of carboxylic acids is 1. The van der Waals surface area contributed by atoms with E-state index in [0.717, 1.165) is 31.6 Å². The largest absolute Gasteiger partial charge is 0.477 e. The van der Waals surface area contributed by atoms with Crippen molar-refractivity contribution in [1.82, 2.24) is 9.88 Å². The molecular formula is C14H20N2O3. The topological polar surface area (TPSA) is 62.7 Å². The Morgan fingerprint density at radius 3 is 3.11 bits per heavy atom. The number of likely N-dealkylation sites (tertiary alicyclic amines) is 1. The molecule has 2 unspecified atom stereocenters. The Balaban J connectivity index is 2.01. The maximum Gasteiger partial charge on any atom is 0.354 e. The summed E-state index contributed by atoms with van der Waals surface area (Å²) in [7, 11) is 1.75. The van der Waals surface area contributed by atoms with Gasteiger partial charge in [0.05, 0.1) is 6.10 Å². The zero-order valence-corrected chi connectivity index (χ0v) is 11.4. The SMILES string of the molecule is COC1CN(Cc2ccnc(C(=O)O)c2)CCC1C.